The number of benzene rings is 2. The average Bonchev–Trinajstić information content (AvgIpc) is 2.92. The van der Waals surface area contributed by atoms with Gasteiger partial charge in [-0.3, -0.25) is 19.3 Å². The molecule has 0 bridgehead atoms. The minimum Gasteiger partial charge on any atom is -0.337 e. The number of nitrogens with zero attached hydrogens (tertiary/aromatic N) is 2. The molecule has 0 spiro atoms. The molecule has 1 unspecified atom stereocenters. The van der Waals surface area contributed by atoms with Crippen LogP contribution >= 0.6 is 12.4 Å². The number of piperidine rings is 1. The number of halogens is 1. The second-order valence-corrected chi connectivity index (χ2v) is 7.10. The molecule has 3 amide bonds. The molecule has 146 valence electrons. The molecule has 1 fully saturated rings. The highest BCUT2D eigenvalue weighted by Gasteiger charge is 2.36. The molecule has 0 aromatic heterocycles. The van der Waals surface area contributed by atoms with E-state index in [9.17, 15) is 14.4 Å². The minimum absolute atomic E-state index is 0. The Labute approximate surface area is 169 Å². The summed E-state index contributed by atoms with van der Waals surface area (Å²) in [5.74, 6) is -0.823. The highest BCUT2D eigenvalue weighted by atomic mass is 35.5. The second kappa shape index (κ2) is 8.12. The predicted octanol–water partition coefficient (Wildman–Crippen LogP) is 2.47. The first-order valence-corrected chi connectivity index (χ1v) is 9.13. The van der Waals surface area contributed by atoms with Crippen LogP contribution in [0.4, 0.5) is 0 Å². The summed E-state index contributed by atoms with van der Waals surface area (Å²) in [6.45, 7) is 1.40. The fraction of sp³-hybridized carbons (Fsp3) is 0.286. The molecule has 28 heavy (non-hydrogen) atoms. The lowest BCUT2D eigenvalue weighted by Crippen LogP contribution is -2.45. The van der Waals surface area contributed by atoms with Crippen molar-refractivity contribution in [2.75, 3.05) is 13.1 Å². The van der Waals surface area contributed by atoms with Gasteiger partial charge in [0.2, 0.25) is 0 Å². The number of fused-ring (bicyclic) bond motifs is 1. The van der Waals surface area contributed by atoms with Crippen LogP contribution in [0.1, 0.15) is 49.5 Å². The molecule has 1 atom stereocenters. The normalized spacial score (nSPS) is 18.7. The van der Waals surface area contributed by atoms with Crippen molar-refractivity contribution < 1.29 is 14.4 Å². The monoisotopic (exact) mass is 399 g/mol. The van der Waals surface area contributed by atoms with Gasteiger partial charge in [0.15, 0.2) is 0 Å². The SMILES string of the molecule is Cl.NC1CCCN(C(=O)c2ccc3c(c2)C(=O)N(Cc2ccccc2)C3=O)C1. The van der Waals surface area contributed by atoms with E-state index in [1.54, 1.807) is 23.1 Å². The number of hydrogen-bond donors (Lipinski definition) is 1. The highest BCUT2D eigenvalue weighted by Crippen LogP contribution is 2.26. The topological polar surface area (TPSA) is 83.7 Å². The molecule has 2 aromatic carbocycles. The summed E-state index contributed by atoms with van der Waals surface area (Å²) in [5.41, 5.74) is 7.91. The van der Waals surface area contributed by atoms with E-state index >= 15 is 0 Å². The average molecular weight is 400 g/mol. The first-order valence-electron chi connectivity index (χ1n) is 9.13. The standard InChI is InChI=1S/C21H21N3O3.ClH/c22-16-7-4-10-23(13-16)19(25)15-8-9-17-18(11-15)21(27)24(20(17)26)12-14-5-2-1-3-6-14;/h1-3,5-6,8-9,11,16H,4,7,10,12-13,22H2;1H. The number of imide groups is 1. The Morgan fingerprint density at radius 2 is 1.75 bits per heavy atom. The predicted molar refractivity (Wildman–Crippen MR) is 107 cm³/mol. The maximum Gasteiger partial charge on any atom is 0.261 e. The maximum atomic E-state index is 12.8. The van der Waals surface area contributed by atoms with Gasteiger partial charge < -0.3 is 10.6 Å². The smallest absolute Gasteiger partial charge is 0.261 e. The molecule has 4 rings (SSSR count). The lowest BCUT2D eigenvalue weighted by atomic mass is 10.0. The van der Waals surface area contributed by atoms with Crippen LogP contribution in [0.25, 0.3) is 0 Å². The van der Waals surface area contributed by atoms with Crippen molar-refractivity contribution >= 4 is 30.1 Å². The molecule has 0 radical (unpaired) electrons. The van der Waals surface area contributed by atoms with Gasteiger partial charge in [-0.15, -0.1) is 12.4 Å². The fourth-order valence-corrected chi connectivity index (χ4v) is 3.71. The third-order valence-electron chi connectivity index (χ3n) is 5.15. The van der Waals surface area contributed by atoms with Gasteiger partial charge in [0.05, 0.1) is 17.7 Å². The van der Waals surface area contributed by atoms with Gasteiger partial charge in [-0.05, 0) is 36.6 Å². The zero-order valence-electron chi connectivity index (χ0n) is 15.3. The summed E-state index contributed by atoms with van der Waals surface area (Å²) in [4.78, 5) is 41.1. The minimum atomic E-state index is -0.358. The van der Waals surface area contributed by atoms with Crippen LogP contribution in [0.3, 0.4) is 0 Å². The summed E-state index contributed by atoms with van der Waals surface area (Å²) in [5, 5.41) is 0. The largest absolute Gasteiger partial charge is 0.337 e. The Bertz CT molecular complexity index is 916. The van der Waals surface area contributed by atoms with Gasteiger partial charge in [0.25, 0.3) is 17.7 Å². The summed E-state index contributed by atoms with van der Waals surface area (Å²) >= 11 is 0. The van der Waals surface area contributed by atoms with E-state index in [2.05, 4.69) is 0 Å². The van der Waals surface area contributed by atoms with Gasteiger partial charge in [-0.25, -0.2) is 0 Å². The Hall–Kier alpha value is -2.70. The Kier molecular flexibility index (Phi) is 5.82. The summed E-state index contributed by atoms with van der Waals surface area (Å²) in [6.07, 6.45) is 1.79. The van der Waals surface area contributed by atoms with Crippen LogP contribution in [-0.2, 0) is 6.54 Å². The number of hydrogen-bond acceptors (Lipinski definition) is 4. The number of likely N-dealkylation sites (tertiary alicyclic amines) is 1. The lowest BCUT2D eigenvalue weighted by molar-refractivity contribution is 0.0641. The number of amides is 3. The number of carbonyl (C=O) groups excluding carboxylic acids is 3. The third-order valence-corrected chi connectivity index (χ3v) is 5.15. The molecule has 1 saturated heterocycles. The van der Waals surface area contributed by atoms with E-state index in [1.807, 2.05) is 30.3 Å². The molecule has 6 nitrogen and oxygen atoms in total. The molecule has 7 heteroatoms. The number of rotatable bonds is 3. The van der Waals surface area contributed by atoms with Crippen LogP contribution < -0.4 is 5.73 Å². The van der Waals surface area contributed by atoms with Crippen molar-refractivity contribution in [3.05, 3.63) is 70.8 Å². The Morgan fingerprint density at radius 1 is 1.04 bits per heavy atom. The first kappa shape index (κ1) is 20.0. The van der Waals surface area contributed by atoms with Crippen LogP contribution in [0, 0.1) is 0 Å². The molecule has 2 aliphatic heterocycles. The van der Waals surface area contributed by atoms with Crippen molar-refractivity contribution in [2.45, 2.75) is 25.4 Å². The molecule has 0 aliphatic carbocycles. The van der Waals surface area contributed by atoms with Gasteiger partial charge in [0, 0.05) is 24.7 Å². The van der Waals surface area contributed by atoms with E-state index in [4.69, 9.17) is 5.73 Å². The van der Waals surface area contributed by atoms with Crippen molar-refractivity contribution in [3.63, 3.8) is 0 Å². The summed E-state index contributed by atoms with van der Waals surface area (Å²) in [6, 6.07) is 14.1. The molecule has 2 N–H and O–H groups in total. The van der Waals surface area contributed by atoms with Crippen LogP contribution in [0.15, 0.2) is 48.5 Å². The molecular formula is C21H22ClN3O3. The van der Waals surface area contributed by atoms with Gasteiger partial charge in [-0.1, -0.05) is 30.3 Å². The van der Waals surface area contributed by atoms with Crippen LogP contribution in [0.2, 0.25) is 0 Å². The summed E-state index contributed by atoms with van der Waals surface area (Å²) < 4.78 is 0. The van der Waals surface area contributed by atoms with Crippen LogP contribution in [-0.4, -0.2) is 46.7 Å². The van der Waals surface area contributed by atoms with Gasteiger partial charge >= 0.3 is 0 Å². The van der Waals surface area contributed by atoms with Gasteiger partial charge in [0.1, 0.15) is 0 Å². The van der Waals surface area contributed by atoms with Crippen molar-refractivity contribution in [2.24, 2.45) is 5.73 Å². The van der Waals surface area contributed by atoms with E-state index in [0.717, 1.165) is 18.4 Å². The molecule has 2 heterocycles. The van der Waals surface area contributed by atoms with Crippen molar-refractivity contribution in [1.29, 1.82) is 0 Å². The van der Waals surface area contributed by atoms with E-state index < -0.39 is 0 Å². The Balaban J connectivity index is 0.00000225. The van der Waals surface area contributed by atoms with E-state index in [1.165, 1.54) is 4.90 Å². The number of nitrogens with two attached hydrogens (primary N) is 1. The Morgan fingerprint density at radius 3 is 2.46 bits per heavy atom. The lowest BCUT2D eigenvalue weighted by Gasteiger charge is -2.30. The number of carbonyl (C=O) groups is 3. The fourth-order valence-electron chi connectivity index (χ4n) is 3.71. The molecule has 0 saturated carbocycles. The van der Waals surface area contributed by atoms with Crippen LogP contribution in [0.5, 0.6) is 0 Å². The molecule has 2 aliphatic rings. The summed E-state index contributed by atoms with van der Waals surface area (Å²) in [7, 11) is 0. The second-order valence-electron chi connectivity index (χ2n) is 7.10. The van der Waals surface area contributed by atoms with E-state index in [-0.39, 0.29) is 42.7 Å². The zero-order chi connectivity index (χ0) is 19.0. The highest BCUT2D eigenvalue weighted by molar-refractivity contribution is 6.22. The quantitative estimate of drug-likeness (QED) is 0.803. The first-order chi connectivity index (χ1) is 13.0. The van der Waals surface area contributed by atoms with Crippen molar-refractivity contribution in [1.82, 2.24) is 9.80 Å². The maximum absolute atomic E-state index is 12.8. The third kappa shape index (κ3) is 3.66. The van der Waals surface area contributed by atoms with Gasteiger partial charge in [-0.2, -0.15) is 0 Å². The molecule has 2 aromatic rings. The zero-order valence-corrected chi connectivity index (χ0v) is 16.2. The van der Waals surface area contributed by atoms with Crippen molar-refractivity contribution in [3.8, 4) is 0 Å². The molecular weight excluding hydrogens is 378 g/mol. The van der Waals surface area contributed by atoms with E-state index in [0.29, 0.717) is 29.8 Å².